The number of benzene rings is 1. The maximum absolute atomic E-state index is 11.1. The molecule has 0 bridgehead atoms. The highest BCUT2D eigenvalue weighted by atomic mass is 16.5. The van der Waals surface area contributed by atoms with Crippen LogP contribution in [-0.4, -0.2) is 19.7 Å². The first kappa shape index (κ1) is 15.8. The Balaban J connectivity index is 1.92. The molecule has 1 heterocycles. The minimum atomic E-state index is -0.153. The van der Waals surface area contributed by atoms with Crippen LogP contribution in [0.5, 0.6) is 5.75 Å². The molecule has 1 aliphatic rings. The Hall–Kier alpha value is -1.55. The Kier molecular flexibility index (Phi) is 4.88. The molecular weight excluding hydrogens is 266 g/mol. The summed E-state index contributed by atoms with van der Waals surface area (Å²) in [7, 11) is 1.42. The maximum atomic E-state index is 11.1. The van der Waals surface area contributed by atoms with Gasteiger partial charge in [0.2, 0.25) is 0 Å². The second-order valence-electron chi connectivity index (χ2n) is 6.36. The number of ether oxygens (including phenoxy) is 2. The highest BCUT2D eigenvalue weighted by Crippen LogP contribution is 2.39. The number of fused-ring (bicyclic) bond motifs is 1. The monoisotopic (exact) mass is 291 g/mol. The van der Waals surface area contributed by atoms with Gasteiger partial charge < -0.3 is 15.2 Å². The summed E-state index contributed by atoms with van der Waals surface area (Å²) in [6.45, 7) is 5.09. The highest BCUT2D eigenvalue weighted by molar-refractivity contribution is 5.68. The van der Waals surface area contributed by atoms with Gasteiger partial charge in [0.25, 0.3) is 0 Å². The topological polar surface area (TPSA) is 61.5 Å². The molecule has 1 aliphatic heterocycles. The minimum Gasteiger partial charge on any atom is -0.492 e. The summed E-state index contributed by atoms with van der Waals surface area (Å²) >= 11 is 0. The number of nitrogens with two attached hydrogens (primary N) is 1. The Morgan fingerprint density at radius 3 is 2.90 bits per heavy atom. The lowest BCUT2D eigenvalue weighted by molar-refractivity contribution is -0.140. The smallest absolute Gasteiger partial charge is 0.305 e. The molecule has 0 amide bonds. The third-order valence-corrected chi connectivity index (χ3v) is 4.12. The van der Waals surface area contributed by atoms with Crippen LogP contribution in [0.2, 0.25) is 0 Å². The first-order valence-corrected chi connectivity index (χ1v) is 7.53. The van der Waals surface area contributed by atoms with Crippen LogP contribution in [0.25, 0.3) is 0 Å². The summed E-state index contributed by atoms with van der Waals surface area (Å²) in [6, 6.07) is 6.25. The van der Waals surface area contributed by atoms with Gasteiger partial charge >= 0.3 is 5.97 Å². The van der Waals surface area contributed by atoms with Crippen molar-refractivity contribution >= 4 is 5.97 Å². The van der Waals surface area contributed by atoms with Crippen molar-refractivity contribution in [1.29, 1.82) is 0 Å². The number of carbonyl (C=O) groups excluding carboxylic acids is 1. The van der Waals surface area contributed by atoms with Gasteiger partial charge in [-0.15, -0.1) is 0 Å². The van der Waals surface area contributed by atoms with Gasteiger partial charge in [-0.05, 0) is 30.5 Å². The van der Waals surface area contributed by atoms with Crippen molar-refractivity contribution in [2.24, 2.45) is 5.73 Å². The number of unbranched alkanes of at least 4 members (excludes halogenated alkanes) is 1. The molecule has 0 saturated heterocycles. The number of rotatable bonds is 6. The van der Waals surface area contributed by atoms with Crippen molar-refractivity contribution in [3.05, 3.63) is 29.3 Å². The zero-order chi connectivity index (χ0) is 15.5. The van der Waals surface area contributed by atoms with E-state index in [0.29, 0.717) is 6.42 Å². The van der Waals surface area contributed by atoms with Crippen LogP contribution in [0.3, 0.4) is 0 Å². The van der Waals surface area contributed by atoms with Crippen LogP contribution in [0, 0.1) is 0 Å². The van der Waals surface area contributed by atoms with E-state index < -0.39 is 0 Å². The Morgan fingerprint density at radius 2 is 2.19 bits per heavy atom. The lowest BCUT2D eigenvalue weighted by Crippen LogP contribution is -2.19. The third-order valence-electron chi connectivity index (χ3n) is 4.12. The maximum Gasteiger partial charge on any atom is 0.305 e. The molecule has 1 atom stereocenters. The largest absolute Gasteiger partial charge is 0.492 e. The highest BCUT2D eigenvalue weighted by Gasteiger charge is 2.32. The van der Waals surface area contributed by atoms with E-state index >= 15 is 0 Å². The predicted molar refractivity (Wildman–Crippen MR) is 82.4 cm³/mol. The molecule has 0 radical (unpaired) electrons. The molecule has 21 heavy (non-hydrogen) atoms. The van der Waals surface area contributed by atoms with Gasteiger partial charge in [0.05, 0.1) is 13.7 Å². The average molecular weight is 291 g/mol. The number of hydrogen-bond donors (Lipinski definition) is 1. The summed E-state index contributed by atoms with van der Waals surface area (Å²) in [6.07, 6.45) is 3.08. The summed E-state index contributed by atoms with van der Waals surface area (Å²) in [5.41, 5.74) is 8.71. The lowest BCUT2D eigenvalue weighted by Gasteiger charge is -2.18. The molecule has 2 rings (SSSR count). The minimum absolute atomic E-state index is 0.00402. The van der Waals surface area contributed by atoms with Crippen LogP contribution in [-0.2, 0) is 14.9 Å². The van der Waals surface area contributed by atoms with Crippen molar-refractivity contribution < 1.29 is 14.3 Å². The molecule has 116 valence electrons. The molecule has 0 spiro atoms. The zero-order valence-corrected chi connectivity index (χ0v) is 13.1. The summed E-state index contributed by atoms with van der Waals surface area (Å²) < 4.78 is 10.3. The number of hydrogen-bond acceptors (Lipinski definition) is 4. The normalized spacial score (nSPS) is 17.0. The third kappa shape index (κ3) is 3.76. The molecule has 1 aromatic carbocycles. The van der Waals surface area contributed by atoms with Gasteiger partial charge in [0.15, 0.2) is 0 Å². The number of methoxy groups -OCH3 is 1. The Labute approximate surface area is 126 Å². The van der Waals surface area contributed by atoms with Crippen molar-refractivity contribution in [3.8, 4) is 5.75 Å². The fourth-order valence-electron chi connectivity index (χ4n) is 2.67. The van der Waals surface area contributed by atoms with Gasteiger partial charge in [-0.2, -0.15) is 0 Å². The summed E-state index contributed by atoms with van der Waals surface area (Å²) in [4.78, 5) is 11.1. The number of carbonyl (C=O) groups is 1. The van der Waals surface area contributed by atoms with Crippen LogP contribution in [0.1, 0.15) is 56.7 Å². The quantitative estimate of drug-likeness (QED) is 0.646. The van der Waals surface area contributed by atoms with Gasteiger partial charge in [-0.25, -0.2) is 0 Å². The number of esters is 1. The summed E-state index contributed by atoms with van der Waals surface area (Å²) in [5.74, 6) is 0.821. The molecular formula is C17H25NO3. The Bertz CT molecular complexity index is 511. The van der Waals surface area contributed by atoms with Crippen LogP contribution >= 0.6 is 0 Å². The zero-order valence-electron chi connectivity index (χ0n) is 13.1. The average Bonchev–Trinajstić information content (AvgIpc) is 2.78. The van der Waals surface area contributed by atoms with E-state index in [2.05, 4.69) is 24.7 Å². The van der Waals surface area contributed by atoms with Gasteiger partial charge in [0, 0.05) is 23.4 Å². The SMILES string of the molecule is COC(=O)CCCCC(N)c1ccc2c(c1)C(C)(C)CO2. The molecule has 4 heteroatoms. The second-order valence-corrected chi connectivity index (χ2v) is 6.36. The van der Waals surface area contributed by atoms with Gasteiger partial charge in [-0.3, -0.25) is 4.79 Å². The van der Waals surface area contributed by atoms with Crippen LogP contribution < -0.4 is 10.5 Å². The van der Waals surface area contributed by atoms with E-state index in [1.807, 2.05) is 12.1 Å². The van der Waals surface area contributed by atoms with Gasteiger partial charge in [0.1, 0.15) is 5.75 Å². The summed E-state index contributed by atoms with van der Waals surface area (Å²) in [5, 5.41) is 0. The predicted octanol–water partition coefficient (Wildman–Crippen LogP) is 3.09. The fraction of sp³-hybridized carbons (Fsp3) is 0.588. The van der Waals surface area contributed by atoms with E-state index in [0.717, 1.165) is 37.2 Å². The van der Waals surface area contributed by atoms with E-state index in [1.165, 1.54) is 12.7 Å². The van der Waals surface area contributed by atoms with E-state index in [-0.39, 0.29) is 17.4 Å². The molecule has 0 fully saturated rings. The van der Waals surface area contributed by atoms with Crippen molar-refractivity contribution in [3.63, 3.8) is 0 Å². The molecule has 4 nitrogen and oxygen atoms in total. The standard InChI is InChI=1S/C17H25NO3/c1-17(2)11-21-15-9-8-12(10-13(15)17)14(18)6-4-5-7-16(19)20-3/h8-10,14H,4-7,11,18H2,1-3H3. The van der Waals surface area contributed by atoms with Crippen molar-refractivity contribution in [2.45, 2.75) is 51.0 Å². The van der Waals surface area contributed by atoms with Gasteiger partial charge in [-0.1, -0.05) is 26.3 Å². The molecule has 0 saturated carbocycles. The fourth-order valence-corrected chi connectivity index (χ4v) is 2.67. The molecule has 0 aliphatic carbocycles. The van der Waals surface area contributed by atoms with Crippen LogP contribution in [0.15, 0.2) is 18.2 Å². The van der Waals surface area contributed by atoms with E-state index in [1.54, 1.807) is 0 Å². The van der Waals surface area contributed by atoms with Crippen LogP contribution in [0.4, 0.5) is 0 Å². The Morgan fingerprint density at radius 1 is 1.43 bits per heavy atom. The first-order valence-electron chi connectivity index (χ1n) is 7.53. The lowest BCUT2D eigenvalue weighted by atomic mass is 9.85. The first-order chi connectivity index (χ1) is 9.94. The van der Waals surface area contributed by atoms with Crippen molar-refractivity contribution in [1.82, 2.24) is 0 Å². The molecule has 0 aromatic heterocycles. The molecule has 2 N–H and O–H groups in total. The van der Waals surface area contributed by atoms with E-state index in [4.69, 9.17) is 10.5 Å². The van der Waals surface area contributed by atoms with Crippen molar-refractivity contribution in [2.75, 3.05) is 13.7 Å². The van der Waals surface area contributed by atoms with E-state index in [9.17, 15) is 4.79 Å². The second kappa shape index (κ2) is 6.48. The molecule has 1 aromatic rings. The molecule has 1 unspecified atom stereocenters.